The van der Waals surface area contributed by atoms with Gasteiger partial charge in [-0.3, -0.25) is 4.99 Å². The second-order valence-corrected chi connectivity index (χ2v) is 7.09. The van der Waals surface area contributed by atoms with Gasteiger partial charge in [0.15, 0.2) is 5.96 Å². The van der Waals surface area contributed by atoms with E-state index in [1.807, 2.05) is 12.1 Å². The lowest BCUT2D eigenvalue weighted by Gasteiger charge is -2.23. The number of hydrogen-bond acceptors (Lipinski definition) is 4. The van der Waals surface area contributed by atoms with Gasteiger partial charge in [0, 0.05) is 39.3 Å². The summed E-state index contributed by atoms with van der Waals surface area (Å²) < 4.78 is 10.9. The van der Waals surface area contributed by atoms with Crippen molar-refractivity contribution in [2.75, 3.05) is 47.5 Å². The van der Waals surface area contributed by atoms with Gasteiger partial charge in [-0.15, -0.1) is 0 Å². The summed E-state index contributed by atoms with van der Waals surface area (Å²) in [5.41, 5.74) is 1.13. The third-order valence-electron chi connectivity index (χ3n) is 3.49. The van der Waals surface area contributed by atoms with Crippen molar-refractivity contribution in [2.45, 2.75) is 32.9 Å². The second kappa shape index (κ2) is 10.9. The number of rotatable bonds is 9. The van der Waals surface area contributed by atoms with E-state index in [2.05, 4.69) is 60.5 Å². The summed E-state index contributed by atoms with van der Waals surface area (Å²) in [5, 5.41) is 6.67. The minimum atomic E-state index is -0.0261. The minimum absolute atomic E-state index is 0.0261. The molecule has 0 atom stereocenters. The first-order valence-electron chi connectivity index (χ1n) is 8.72. The van der Waals surface area contributed by atoms with Crippen LogP contribution in [-0.2, 0) is 11.3 Å². The highest BCUT2D eigenvalue weighted by Crippen LogP contribution is 2.13. The molecule has 0 radical (unpaired) electrons. The first kappa shape index (κ1) is 21.3. The van der Waals surface area contributed by atoms with E-state index in [0.29, 0.717) is 13.2 Å². The van der Waals surface area contributed by atoms with Crippen LogP contribution < -0.4 is 15.4 Å². The third-order valence-corrected chi connectivity index (χ3v) is 3.49. The van der Waals surface area contributed by atoms with E-state index in [0.717, 1.165) is 37.0 Å². The minimum Gasteiger partial charge on any atom is -0.492 e. The Kier molecular flexibility index (Phi) is 9.31. The van der Waals surface area contributed by atoms with E-state index in [4.69, 9.17) is 9.47 Å². The van der Waals surface area contributed by atoms with Gasteiger partial charge in [0.05, 0.1) is 6.61 Å². The van der Waals surface area contributed by atoms with Crippen molar-refractivity contribution in [1.82, 2.24) is 15.5 Å². The van der Waals surface area contributed by atoms with Crippen LogP contribution in [0, 0.1) is 0 Å². The van der Waals surface area contributed by atoms with Crippen LogP contribution in [0.5, 0.6) is 5.75 Å². The molecule has 0 aliphatic rings. The summed E-state index contributed by atoms with van der Waals surface area (Å²) in [6, 6.07) is 8.14. The standard InChI is InChI=1S/C19H34N4O2/c1-19(2,3)22-18(20-4)21-15-16-8-7-9-17(14-16)25-13-11-23(5)10-12-24-6/h7-9,14H,10-13,15H2,1-6H3,(H2,20,21,22). The maximum atomic E-state index is 5.85. The Morgan fingerprint density at radius 1 is 1.20 bits per heavy atom. The number of methoxy groups -OCH3 is 1. The van der Waals surface area contributed by atoms with Crippen LogP contribution in [0.4, 0.5) is 0 Å². The average Bonchev–Trinajstić information content (AvgIpc) is 2.56. The Bertz CT molecular complexity index is 526. The van der Waals surface area contributed by atoms with Gasteiger partial charge in [0.25, 0.3) is 0 Å². The normalized spacial score (nSPS) is 12.4. The number of ether oxygens (including phenoxy) is 2. The zero-order valence-electron chi connectivity index (χ0n) is 16.6. The third kappa shape index (κ3) is 9.94. The number of aliphatic imine (C=N–C) groups is 1. The van der Waals surface area contributed by atoms with Crippen molar-refractivity contribution < 1.29 is 9.47 Å². The second-order valence-electron chi connectivity index (χ2n) is 7.09. The monoisotopic (exact) mass is 350 g/mol. The molecule has 0 amide bonds. The molecule has 1 aromatic rings. The molecule has 0 spiro atoms. The van der Waals surface area contributed by atoms with Crippen molar-refractivity contribution in [3.63, 3.8) is 0 Å². The van der Waals surface area contributed by atoms with Gasteiger partial charge < -0.3 is 25.0 Å². The molecule has 0 bridgehead atoms. The first-order chi connectivity index (χ1) is 11.8. The Morgan fingerprint density at radius 2 is 1.92 bits per heavy atom. The lowest BCUT2D eigenvalue weighted by molar-refractivity contribution is 0.150. The van der Waals surface area contributed by atoms with Crippen LogP contribution in [0.25, 0.3) is 0 Å². The van der Waals surface area contributed by atoms with Gasteiger partial charge >= 0.3 is 0 Å². The van der Waals surface area contributed by atoms with E-state index in [-0.39, 0.29) is 5.54 Å². The molecule has 2 N–H and O–H groups in total. The lowest BCUT2D eigenvalue weighted by atomic mass is 10.1. The molecule has 0 heterocycles. The molecule has 1 aromatic carbocycles. The molecule has 0 fully saturated rings. The van der Waals surface area contributed by atoms with Crippen LogP contribution in [0.15, 0.2) is 29.3 Å². The number of guanidine groups is 1. The fourth-order valence-corrected chi connectivity index (χ4v) is 2.14. The van der Waals surface area contributed by atoms with Gasteiger partial charge in [0.2, 0.25) is 0 Å². The number of likely N-dealkylation sites (N-methyl/N-ethyl adjacent to an activating group) is 1. The van der Waals surface area contributed by atoms with Gasteiger partial charge in [-0.2, -0.15) is 0 Å². The number of hydrogen-bond donors (Lipinski definition) is 2. The fraction of sp³-hybridized carbons (Fsp3) is 0.632. The molecular formula is C19H34N4O2. The predicted octanol–water partition coefficient (Wildman–Crippen LogP) is 2.11. The summed E-state index contributed by atoms with van der Waals surface area (Å²) in [6.07, 6.45) is 0. The van der Waals surface area contributed by atoms with Crippen LogP contribution in [0.2, 0.25) is 0 Å². The van der Waals surface area contributed by atoms with Crippen molar-refractivity contribution >= 4 is 5.96 Å². The number of nitrogens with zero attached hydrogens (tertiary/aromatic N) is 2. The maximum Gasteiger partial charge on any atom is 0.191 e. The van der Waals surface area contributed by atoms with E-state index in [1.54, 1.807) is 14.2 Å². The Labute approximate surface area is 152 Å². The molecule has 0 aromatic heterocycles. The molecule has 25 heavy (non-hydrogen) atoms. The van der Waals surface area contributed by atoms with Gasteiger partial charge in [0.1, 0.15) is 12.4 Å². The zero-order valence-corrected chi connectivity index (χ0v) is 16.6. The predicted molar refractivity (Wildman–Crippen MR) is 104 cm³/mol. The van der Waals surface area contributed by atoms with E-state index in [9.17, 15) is 0 Å². The Hall–Kier alpha value is -1.79. The quantitative estimate of drug-likeness (QED) is 0.528. The number of nitrogens with one attached hydrogen (secondary N) is 2. The topological polar surface area (TPSA) is 58.1 Å². The van der Waals surface area contributed by atoms with Gasteiger partial charge in [-0.05, 0) is 45.5 Å². The molecule has 0 saturated heterocycles. The van der Waals surface area contributed by atoms with E-state index < -0.39 is 0 Å². The Morgan fingerprint density at radius 3 is 2.56 bits per heavy atom. The molecule has 6 nitrogen and oxygen atoms in total. The largest absolute Gasteiger partial charge is 0.492 e. The molecule has 142 valence electrons. The van der Waals surface area contributed by atoms with Crippen molar-refractivity contribution in [2.24, 2.45) is 4.99 Å². The summed E-state index contributed by atoms with van der Waals surface area (Å²) in [6.45, 7) is 10.2. The van der Waals surface area contributed by atoms with Crippen LogP contribution >= 0.6 is 0 Å². The molecule has 0 aliphatic heterocycles. The van der Waals surface area contributed by atoms with Crippen molar-refractivity contribution in [3.05, 3.63) is 29.8 Å². The van der Waals surface area contributed by atoms with Crippen LogP contribution in [0.3, 0.4) is 0 Å². The van der Waals surface area contributed by atoms with Crippen molar-refractivity contribution in [3.8, 4) is 5.75 Å². The van der Waals surface area contributed by atoms with Crippen LogP contribution in [0.1, 0.15) is 26.3 Å². The molecule has 1 rings (SSSR count). The molecule has 0 saturated carbocycles. The van der Waals surface area contributed by atoms with E-state index >= 15 is 0 Å². The number of benzene rings is 1. The highest BCUT2D eigenvalue weighted by Gasteiger charge is 2.11. The first-order valence-corrected chi connectivity index (χ1v) is 8.72. The average molecular weight is 351 g/mol. The van der Waals surface area contributed by atoms with Crippen LogP contribution in [-0.4, -0.2) is 63.9 Å². The van der Waals surface area contributed by atoms with Gasteiger partial charge in [-0.25, -0.2) is 0 Å². The smallest absolute Gasteiger partial charge is 0.191 e. The van der Waals surface area contributed by atoms with Crippen molar-refractivity contribution in [1.29, 1.82) is 0 Å². The summed E-state index contributed by atoms with van der Waals surface area (Å²) in [7, 11) is 5.56. The zero-order chi connectivity index (χ0) is 18.7. The SMILES string of the molecule is CN=C(NCc1cccc(OCCN(C)CCOC)c1)NC(C)(C)C. The highest BCUT2D eigenvalue weighted by molar-refractivity contribution is 5.80. The summed E-state index contributed by atoms with van der Waals surface area (Å²) in [5.74, 6) is 1.68. The van der Waals surface area contributed by atoms with Gasteiger partial charge in [-0.1, -0.05) is 12.1 Å². The molecule has 6 heteroatoms. The molecule has 0 unspecified atom stereocenters. The fourth-order valence-electron chi connectivity index (χ4n) is 2.14. The Balaban J connectivity index is 2.44. The maximum absolute atomic E-state index is 5.85. The summed E-state index contributed by atoms with van der Waals surface area (Å²) in [4.78, 5) is 6.44. The summed E-state index contributed by atoms with van der Waals surface area (Å²) >= 11 is 0. The lowest BCUT2D eigenvalue weighted by Crippen LogP contribution is -2.47. The molecular weight excluding hydrogens is 316 g/mol. The van der Waals surface area contributed by atoms with E-state index in [1.165, 1.54) is 0 Å². The highest BCUT2D eigenvalue weighted by atomic mass is 16.5. The molecule has 0 aliphatic carbocycles.